The molecular weight excluding hydrogens is 342 g/mol. The van der Waals surface area contributed by atoms with Gasteiger partial charge in [-0.1, -0.05) is 20.3 Å². The Bertz CT molecular complexity index is 735. The monoisotopic (exact) mass is 373 g/mol. The van der Waals surface area contributed by atoms with Crippen LogP contribution in [-0.4, -0.2) is 53.7 Å². The van der Waals surface area contributed by atoms with Gasteiger partial charge in [-0.25, -0.2) is 9.98 Å². The van der Waals surface area contributed by atoms with Crippen molar-refractivity contribution in [2.45, 2.75) is 46.5 Å². The Morgan fingerprint density at radius 2 is 1.92 bits per heavy atom. The standard InChI is InChI=1S/C20H31N5S/c1-5-7-18-14(3)22-20(26-18)17-13-16(12-15(6-2)19(21)23-17)25-10-8-24(4)9-11-25/h13H,5-12,21H2,1-4H3. The van der Waals surface area contributed by atoms with Crippen LogP contribution in [0.2, 0.25) is 0 Å². The van der Waals surface area contributed by atoms with E-state index in [1.807, 2.05) is 0 Å². The lowest BCUT2D eigenvalue weighted by atomic mass is 10.1. The van der Waals surface area contributed by atoms with Gasteiger partial charge in [0.1, 0.15) is 16.5 Å². The third kappa shape index (κ3) is 4.18. The summed E-state index contributed by atoms with van der Waals surface area (Å²) in [5.41, 5.74) is 11.0. The van der Waals surface area contributed by atoms with Crippen LogP contribution in [-0.2, 0) is 6.42 Å². The van der Waals surface area contributed by atoms with Gasteiger partial charge in [-0.05, 0) is 38.5 Å². The second kappa shape index (κ2) is 8.35. The number of allylic oxidation sites excluding steroid dienone is 2. The lowest BCUT2D eigenvalue weighted by Crippen LogP contribution is -2.44. The summed E-state index contributed by atoms with van der Waals surface area (Å²) in [5, 5.41) is 0.998. The van der Waals surface area contributed by atoms with E-state index in [0.717, 1.165) is 68.3 Å². The van der Waals surface area contributed by atoms with Crippen molar-refractivity contribution in [1.29, 1.82) is 0 Å². The zero-order valence-electron chi connectivity index (χ0n) is 16.5. The average Bonchev–Trinajstić information content (AvgIpc) is 2.89. The largest absolute Gasteiger partial charge is 0.384 e. The maximum atomic E-state index is 6.34. The van der Waals surface area contributed by atoms with Gasteiger partial charge in [-0.2, -0.15) is 0 Å². The minimum absolute atomic E-state index is 0.674. The fourth-order valence-corrected chi connectivity index (χ4v) is 4.59. The molecule has 3 heterocycles. The highest BCUT2D eigenvalue weighted by Gasteiger charge is 2.22. The zero-order valence-corrected chi connectivity index (χ0v) is 17.3. The Hall–Kier alpha value is -1.66. The molecule has 26 heavy (non-hydrogen) atoms. The molecule has 2 aliphatic heterocycles. The van der Waals surface area contributed by atoms with Crippen molar-refractivity contribution in [2.75, 3.05) is 33.2 Å². The summed E-state index contributed by atoms with van der Waals surface area (Å²) < 4.78 is 0. The van der Waals surface area contributed by atoms with Crippen LogP contribution in [0.1, 0.15) is 48.7 Å². The summed E-state index contributed by atoms with van der Waals surface area (Å²) >= 11 is 1.77. The fraction of sp³-hybridized carbons (Fsp3) is 0.600. The normalized spacial score (nSPS) is 19.5. The Kier molecular flexibility index (Phi) is 6.14. The SMILES string of the molecule is CCCc1sc(C2=NC(N)=C(CC)CC(N3CCN(C)CC3)=C2)nc1C. The molecule has 2 aliphatic rings. The molecule has 3 rings (SSSR count). The Morgan fingerprint density at radius 1 is 1.19 bits per heavy atom. The summed E-state index contributed by atoms with van der Waals surface area (Å²) in [4.78, 5) is 15.8. The predicted molar refractivity (Wildman–Crippen MR) is 111 cm³/mol. The topological polar surface area (TPSA) is 57.8 Å². The fourth-order valence-electron chi connectivity index (χ4n) is 3.47. The van der Waals surface area contributed by atoms with Gasteiger partial charge in [0.25, 0.3) is 0 Å². The molecule has 0 saturated carbocycles. The molecule has 0 bridgehead atoms. The smallest absolute Gasteiger partial charge is 0.142 e. The van der Waals surface area contributed by atoms with Crippen LogP contribution in [0.4, 0.5) is 0 Å². The first-order valence-corrected chi connectivity index (χ1v) is 10.5. The van der Waals surface area contributed by atoms with E-state index < -0.39 is 0 Å². The number of rotatable bonds is 5. The predicted octanol–water partition coefficient (Wildman–Crippen LogP) is 3.31. The van der Waals surface area contributed by atoms with Crippen LogP contribution in [0.15, 0.2) is 28.2 Å². The molecule has 0 amide bonds. The summed E-state index contributed by atoms with van der Waals surface area (Å²) in [5.74, 6) is 0.674. The summed E-state index contributed by atoms with van der Waals surface area (Å²) in [6, 6.07) is 0. The van der Waals surface area contributed by atoms with Crippen molar-refractivity contribution in [3.8, 4) is 0 Å². The van der Waals surface area contributed by atoms with Crippen molar-refractivity contribution < 1.29 is 0 Å². The van der Waals surface area contributed by atoms with Gasteiger partial charge in [-0.3, -0.25) is 0 Å². The number of hydrogen-bond donors (Lipinski definition) is 1. The zero-order chi connectivity index (χ0) is 18.7. The van der Waals surface area contributed by atoms with Gasteiger partial charge in [0.05, 0.1) is 5.69 Å². The van der Waals surface area contributed by atoms with E-state index in [4.69, 9.17) is 15.7 Å². The second-order valence-electron chi connectivity index (χ2n) is 7.22. The van der Waals surface area contributed by atoms with Gasteiger partial charge in [-0.15, -0.1) is 11.3 Å². The van der Waals surface area contributed by atoms with Crippen molar-refractivity contribution in [1.82, 2.24) is 14.8 Å². The second-order valence-corrected chi connectivity index (χ2v) is 8.30. The molecule has 142 valence electrons. The summed E-state index contributed by atoms with van der Waals surface area (Å²) in [6.45, 7) is 10.8. The number of hydrogen-bond acceptors (Lipinski definition) is 6. The average molecular weight is 374 g/mol. The minimum Gasteiger partial charge on any atom is -0.384 e. The van der Waals surface area contributed by atoms with Gasteiger partial charge in [0.2, 0.25) is 0 Å². The quantitative estimate of drug-likeness (QED) is 0.860. The number of piperazine rings is 1. The van der Waals surface area contributed by atoms with E-state index >= 15 is 0 Å². The van der Waals surface area contributed by atoms with E-state index in [1.54, 1.807) is 11.3 Å². The van der Waals surface area contributed by atoms with E-state index in [2.05, 4.69) is 43.7 Å². The van der Waals surface area contributed by atoms with E-state index in [1.165, 1.54) is 16.1 Å². The number of nitrogens with two attached hydrogens (primary N) is 1. The Morgan fingerprint density at radius 3 is 2.58 bits per heavy atom. The number of thiazole rings is 1. The van der Waals surface area contributed by atoms with Crippen molar-refractivity contribution >= 4 is 17.0 Å². The minimum atomic E-state index is 0.674. The lowest BCUT2D eigenvalue weighted by molar-refractivity contribution is 0.184. The summed E-state index contributed by atoms with van der Waals surface area (Å²) in [7, 11) is 2.19. The summed E-state index contributed by atoms with van der Waals surface area (Å²) in [6.07, 6.45) is 6.28. The Labute approximate surface area is 161 Å². The molecule has 0 spiro atoms. The van der Waals surface area contributed by atoms with Crippen LogP contribution < -0.4 is 5.73 Å². The number of nitrogens with zero attached hydrogens (tertiary/aromatic N) is 4. The van der Waals surface area contributed by atoms with Crippen LogP contribution >= 0.6 is 11.3 Å². The third-order valence-corrected chi connectivity index (χ3v) is 6.47. The van der Waals surface area contributed by atoms with Gasteiger partial charge in [0.15, 0.2) is 0 Å². The molecule has 5 nitrogen and oxygen atoms in total. The maximum absolute atomic E-state index is 6.34. The highest BCUT2D eigenvalue weighted by molar-refractivity contribution is 7.14. The first kappa shape index (κ1) is 19.1. The molecule has 6 heteroatoms. The van der Waals surface area contributed by atoms with Gasteiger partial charge in [0, 0.05) is 43.2 Å². The van der Waals surface area contributed by atoms with Gasteiger partial charge >= 0.3 is 0 Å². The number of aromatic nitrogens is 1. The molecule has 0 aliphatic carbocycles. The highest BCUT2D eigenvalue weighted by atomic mass is 32.1. The molecule has 2 N–H and O–H groups in total. The molecule has 0 atom stereocenters. The molecule has 0 radical (unpaired) electrons. The molecular formula is C20H31N5S. The molecule has 1 aromatic rings. The van der Waals surface area contributed by atoms with Crippen LogP contribution in [0.5, 0.6) is 0 Å². The van der Waals surface area contributed by atoms with Crippen LogP contribution in [0.25, 0.3) is 0 Å². The first-order valence-electron chi connectivity index (χ1n) is 9.68. The molecule has 0 unspecified atom stereocenters. The molecule has 0 aromatic carbocycles. The third-order valence-electron chi connectivity index (χ3n) is 5.23. The molecule has 1 fully saturated rings. The molecule has 1 saturated heterocycles. The number of likely N-dealkylation sites (N-methyl/N-ethyl adjacent to an activating group) is 1. The Balaban J connectivity index is 1.96. The van der Waals surface area contributed by atoms with Crippen LogP contribution in [0, 0.1) is 6.92 Å². The maximum Gasteiger partial charge on any atom is 0.142 e. The van der Waals surface area contributed by atoms with Crippen molar-refractivity contribution in [3.63, 3.8) is 0 Å². The van der Waals surface area contributed by atoms with Crippen LogP contribution in [0.3, 0.4) is 0 Å². The highest BCUT2D eigenvalue weighted by Crippen LogP contribution is 2.28. The van der Waals surface area contributed by atoms with E-state index in [-0.39, 0.29) is 0 Å². The lowest BCUT2D eigenvalue weighted by Gasteiger charge is -2.35. The molecule has 1 aromatic heterocycles. The van der Waals surface area contributed by atoms with Crippen molar-refractivity contribution in [2.24, 2.45) is 10.7 Å². The van der Waals surface area contributed by atoms with E-state index in [9.17, 15) is 0 Å². The number of aryl methyl sites for hydroxylation is 2. The number of aliphatic imine (C=N–C) groups is 1. The van der Waals surface area contributed by atoms with E-state index in [0.29, 0.717) is 5.82 Å². The van der Waals surface area contributed by atoms with Crippen molar-refractivity contribution in [3.05, 3.63) is 38.7 Å². The van der Waals surface area contributed by atoms with Gasteiger partial charge < -0.3 is 15.5 Å². The first-order chi connectivity index (χ1) is 12.5.